The molecule has 32 heavy (non-hydrogen) atoms. The summed E-state index contributed by atoms with van der Waals surface area (Å²) in [5.41, 5.74) is 3.61. The number of morpholine rings is 1. The van der Waals surface area contributed by atoms with Gasteiger partial charge in [0, 0.05) is 42.3 Å². The van der Waals surface area contributed by atoms with Gasteiger partial charge in [0.25, 0.3) is 5.91 Å². The highest BCUT2D eigenvalue weighted by Gasteiger charge is 2.25. The Hall–Kier alpha value is -2.48. The molecule has 8 heteroatoms. The Morgan fingerprint density at radius 2 is 1.94 bits per heavy atom. The lowest BCUT2D eigenvalue weighted by Gasteiger charge is -2.24. The number of rotatable bonds is 6. The van der Waals surface area contributed by atoms with Crippen LogP contribution < -0.4 is 0 Å². The molecular weight excluding hydrogens is 444 g/mol. The Bertz CT molecular complexity index is 1130. The van der Waals surface area contributed by atoms with Crippen LogP contribution in [0.15, 0.2) is 35.3 Å². The third-order valence-corrected chi connectivity index (χ3v) is 6.87. The van der Waals surface area contributed by atoms with Crippen LogP contribution >= 0.6 is 22.9 Å². The molecule has 1 saturated heterocycles. The van der Waals surface area contributed by atoms with Crippen molar-refractivity contribution in [2.45, 2.75) is 20.8 Å². The average molecular weight is 471 g/mol. The standard InChI is InChI=1S/C24H27ClN4O2S/c1-4-29(5-2)24(30)22-21(26-15-28-10-12-31-13-11-28)20-19(14-16(3)27-23(20)32-22)17-6-8-18(25)9-7-17/h6-9,14-15H,4-5,10-13H2,1-3H3. The lowest BCUT2D eigenvalue weighted by Crippen LogP contribution is -2.35. The zero-order chi connectivity index (χ0) is 22.7. The number of aryl methyl sites for hydroxylation is 1. The van der Waals surface area contributed by atoms with Crippen LogP contribution in [-0.2, 0) is 4.74 Å². The fourth-order valence-corrected chi connectivity index (χ4v) is 5.10. The van der Waals surface area contributed by atoms with Gasteiger partial charge in [-0.1, -0.05) is 23.7 Å². The van der Waals surface area contributed by atoms with Gasteiger partial charge in [0.05, 0.1) is 25.2 Å². The molecule has 1 aliphatic heterocycles. The number of benzene rings is 1. The van der Waals surface area contributed by atoms with Crippen molar-refractivity contribution in [3.8, 4) is 11.1 Å². The zero-order valence-corrected chi connectivity index (χ0v) is 20.2. The van der Waals surface area contributed by atoms with E-state index in [0.717, 1.165) is 40.1 Å². The van der Waals surface area contributed by atoms with Crippen LogP contribution in [-0.4, -0.2) is 66.4 Å². The maximum atomic E-state index is 13.4. The van der Waals surface area contributed by atoms with Gasteiger partial charge in [-0.25, -0.2) is 9.98 Å². The van der Waals surface area contributed by atoms with E-state index >= 15 is 0 Å². The first-order valence-corrected chi connectivity index (χ1v) is 12.1. The predicted molar refractivity (Wildman–Crippen MR) is 133 cm³/mol. The van der Waals surface area contributed by atoms with Crippen LogP contribution in [0.25, 0.3) is 21.3 Å². The SMILES string of the molecule is CCN(CC)C(=O)c1sc2nc(C)cc(-c3ccc(Cl)cc3)c2c1N=CN1CCOCC1. The summed E-state index contributed by atoms with van der Waals surface area (Å²) in [5.74, 6) is -0.00756. The summed E-state index contributed by atoms with van der Waals surface area (Å²) in [5, 5.41) is 1.59. The monoisotopic (exact) mass is 470 g/mol. The van der Waals surface area contributed by atoms with E-state index in [4.69, 9.17) is 26.3 Å². The minimum absolute atomic E-state index is 0.00756. The molecule has 0 atom stereocenters. The van der Waals surface area contributed by atoms with Gasteiger partial charge in [0.2, 0.25) is 0 Å². The third-order valence-electron chi connectivity index (χ3n) is 5.56. The Morgan fingerprint density at radius 1 is 1.25 bits per heavy atom. The summed E-state index contributed by atoms with van der Waals surface area (Å²) in [6, 6.07) is 9.80. The van der Waals surface area contributed by atoms with Crippen molar-refractivity contribution in [2.24, 2.45) is 4.99 Å². The molecule has 0 N–H and O–H groups in total. The first kappa shape index (κ1) is 22.7. The van der Waals surface area contributed by atoms with E-state index in [1.165, 1.54) is 11.3 Å². The second kappa shape index (κ2) is 9.98. The number of hydrogen-bond donors (Lipinski definition) is 0. The topological polar surface area (TPSA) is 58.0 Å². The number of hydrogen-bond acceptors (Lipinski definition) is 5. The van der Waals surface area contributed by atoms with Crippen molar-refractivity contribution < 1.29 is 9.53 Å². The number of thiophene rings is 1. The molecule has 0 aliphatic carbocycles. The second-order valence-corrected chi connectivity index (χ2v) is 9.08. The van der Waals surface area contributed by atoms with Gasteiger partial charge in [0.15, 0.2) is 0 Å². The molecule has 1 amide bonds. The molecule has 6 nitrogen and oxygen atoms in total. The van der Waals surface area contributed by atoms with Gasteiger partial charge in [-0.15, -0.1) is 11.3 Å². The van der Waals surface area contributed by atoms with Crippen molar-refractivity contribution in [3.05, 3.63) is 45.9 Å². The lowest BCUT2D eigenvalue weighted by molar-refractivity contribution is 0.0700. The number of aliphatic imine (C=N–C) groups is 1. The Balaban J connectivity index is 1.92. The van der Waals surface area contributed by atoms with E-state index in [1.54, 1.807) is 0 Å². The maximum absolute atomic E-state index is 13.4. The molecule has 0 saturated carbocycles. The van der Waals surface area contributed by atoms with Gasteiger partial charge in [0.1, 0.15) is 9.71 Å². The van der Waals surface area contributed by atoms with E-state index in [0.29, 0.717) is 41.9 Å². The van der Waals surface area contributed by atoms with Crippen LogP contribution in [0.1, 0.15) is 29.2 Å². The highest BCUT2D eigenvalue weighted by Crippen LogP contribution is 2.43. The number of nitrogens with zero attached hydrogens (tertiary/aromatic N) is 4. The summed E-state index contributed by atoms with van der Waals surface area (Å²) in [6.07, 6.45) is 1.84. The van der Waals surface area contributed by atoms with Gasteiger partial charge >= 0.3 is 0 Å². The minimum atomic E-state index is -0.00756. The fraction of sp³-hybridized carbons (Fsp3) is 0.375. The number of aromatic nitrogens is 1. The first-order valence-electron chi connectivity index (χ1n) is 10.9. The number of carbonyl (C=O) groups excluding carboxylic acids is 1. The van der Waals surface area contributed by atoms with Crippen molar-refractivity contribution in [2.75, 3.05) is 39.4 Å². The molecule has 0 radical (unpaired) electrons. The highest BCUT2D eigenvalue weighted by molar-refractivity contribution is 7.21. The molecule has 2 aromatic heterocycles. The van der Waals surface area contributed by atoms with Gasteiger partial charge in [-0.3, -0.25) is 4.79 Å². The summed E-state index contributed by atoms with van der Waals surface area (Å²) in [4.78, 5) is 28.4. The van der Waals surface area contributed by atoms with Crippen LogP contribution in [0, 0.1) is 6.92 Å². The quantitative estimate of drug-likeness (QED) is 0.357. The summed E-state index contributed by atoms with van der Waals surface area (Å²) in [7, 11) is 0. The molecule has 168 valence electrons. The molecule has 0 spiro atoms. The van der Waals surface area contributed by atoms with Gasteiger partial charge < -0.3 is 14.5 Å². The van der Waals surface area contributed by atoms with Gasteiger partial charge in [-0.05, 0) is 50.1 Å². The Kier molecular flexibility index (Phi) is 7.08. The molecule has 1 fully saturated rings. The average Bonchev–Trinajstić information content (AvgIpc) is 3.17. The van der Waals surface area contributed by atoms with Crippen LogP contribution in [0.3, 0.4) is 0 Å². The summed E-state index contributed by atoms with van der Waals surface area (Å²) >= 11 is 7.55. The van der Waals surface area contributed by atoms with E-state index in [1.807, 2.05) is 56.3 Å². The molecular formula is C24H27ClN4O2S. The summed E-state index contributed by atoms with van der Waals surface area (Å²) in [6.45, 7) is 10.2. The van der Waals surface area contributed by atoms with Gasteiger partial charge in [-0.2, -0.15) is 0 Å². The third kappa shape index (κ3) is 4.65. The molecule has 0 bridgehead atoms. The Labute approximate surface area is 197 Å². The van der Waals surface area contributed by atoms with Crippen molar-refractivity contribution in [1.29, 1.82) is 0 Å². The molecule has 3 heterocycles. The summed E-state index contributed by atoms with van der Waals surface area (Å²) < 4.78 is 5.45. The predicted octanol–water partition coefficient (Wildman–Crippen LogP) is 5.40. The van der Waals surface area contributed by atoms with E-state index in [9.17, 15) is 4.79 Å². The van der Waals surface area contributed by atoms with E-state index in [-0.39, 0.29) is 5.91 Å². The number of amides is 1. The maximum Gasteiger partial charge on any atom is 0.266 e. The Morgan fingerprint density at radius 3 is 2.59 bits per heavy atom. The lowest BCUT2D eigenvalue weighted by atomic mass is 10.0. The van der Waals surface area contributed by atoms with E-state index < -0.39 is 0 Å². The minimum Gasteiger partial charge on any atom is -0.378 e. The molecule has 4 rings (SSSR count). The smallest absolute Gasteiger partial charge is 0.266 e. The molecule has 1 aromatic carbocycles. The number of fused-ring (bicyclic) bond motifs is 1. The van der Waals surface area contributed by atoms with Crippen molar-refractivity contribution in [1.82, 2.24) is 14.8 Å². The fourth-order valence-electron chi connectivity index (χ4n) is 3.82. The number of ether oxygens (including phenoxy) is 1. The number of halogens is 1. The van der Waals surface area contributed by atoms with Crippen LogP contribution in [0.2, 0.25) is 5.02 Å². The van der Waals surface area contributed by atoms with Crippen molar-refractivity contribution in [3.63, 3.8) is 0 Å². The van der Waals surface area contributed by atoms with Crippen LogP contribution in [0.4, 0.5) is 5.69 Å². The van der Waals surface area contributed by atoms with E-state index in [2.05, 4.69) is 11.0 Å². The number of pyridine rings is 1. The largest absolute Gasteiger partial charge is 0.378 e. The molecule has 1 aliphatic rings. The zero-order valence-electron chi connectivity index (χ0n) is 18.6. The highest BCUT2D eigenvalue weighted by atomic mass is 35.5. The van der Waals surface area contributed by atoms with Crippen molar-refractivity contribution >= 4 is 51.1 Å². The van der Waals surface area contributed by atoms with Crippen LogP contribution in [0.5, 0.6) is 0 Å². The molecule has 3 aromatic rings. The second-order valence-electron chi connectivity index (χ2n) is 7.65. The normalized spacial score (nSPS) is 14.4. The number of carbonyl (C=O) groups is 1. The first-order chi connectivity index (χ1) is 15.5. The molecule has 0 unspecified atom stereocenters.